The molecule has 3 aromatic carbocycles. The van der Waals surface area contributed by atoms with E-state index in [9.17, 15) is 14.0 Å². The number of methoxy groups -OCH3 is 2. The molecule has 0 spiro atoms. The second-order valence-electron chi connectivity index (χ2n) is 9.71. The molecule has 2 heterocycles. The minimum Gasteiger partial charge on any atom is -0.493 e. The van der Waals surface area contributed by atoms with E-state index < -0.39 is 17.6 Å². The van der Waals surface area contributed by atoms with Crippen molar-refractivity contribution in [3.63, 3.8) is 0 Å². The van der Waals surface area contributed by atoms with E-state index in [1.807, 2.05) is 12.1 Å². The number of benzene rings is 3. The first-order chi connectivity index (χ1) is 20.4. The monoisotopic (exact) mass is 592 g/mol. The van der Waals surface area contributed by atoms with Gasteiger partial charge in [-0.2, -0.15) is 0 Å². The Balaban J connectivity index is 1.46. The highest BCUT2D eigenvalue weighted by atomic mass is 35.5. The van der Waals surface area contributed by atoms with Gasteiger partial charge in [-0.15, -0.1) is 0 Å². The Morgan fingerprint density at radius 3 is 2.55 bits per heavy atom. The summed E-state index contributed by atoms with van der Waals surface area (Å²) in [6.07, 6.45) is 3.14. The number of aromatic nitrogens is 2. The zero-order chi connectivity index (χ0) is 29.6. The van der Waals surface area contributed by atoms with Gasteiger partial charge in [-0.1, -0.05) is 35.9 Å². The van der Waals surface area contributed by atoms with Gasteiger partial charge in [-0.25, -0.2) is 9.37 Å². The molecular weight excluding hydrogens is 563 g/mol. The van der Waals surface area contributed by atoms with Crippen molar-refractivity contribution < 1.29 is 28.2 Å². The summed E-state index contributed by atoms with van der Waals surface area (Å²) >= 11 is 6.08. The van der Waals surface area contributed by atoms with Crippen LogP contribution in [0.25, 0.3) is 16.9 Å². The number of carbonyl (C=O) groups excluding carboxylic acids is 2. The Bertz CT molecular complexity index is 1570. The third-order valence-electron chi connectivity index (χ3n) is 6.92. The predicted molar refractivity (Wildman–Crippen MR) is 157 cm³/mol. The van der Waals surface area contributed by atoms with Crippen LogP contribution in [0.2, 0.25) is 5.02 Å². The molecule has 9 nitrogen and oxygen atoms in total. The van der Waals surface area contributed by atoms with Crippen LogP contribution in [0.1, 0.15) is 23.2 Å². The Morgan fingerprint density at radius 2 is 1.86 bits per heavy atom. The highest BCUT2D eigenvalue weighted by molar-refractivity contribution is 6.30. The van der Waals surface area contributed by atoms with Crippen LogP contribution < -0.4 is 14.8 Å². The maximum absolute atomic E-state index is 14.5. The number of ether oxygens (including phenoxy) is 3. The van der Waals surface area contributed by atoms with Crippen LogP contribution in [-0.4, -0.2) is 66.3 Å². The molecule has 5 rings (SSSR count). The lowest BCUT2D eigenvalue weighted by Crippen LogP contribution is -2.42. The molecule has 4 aromatic rings. The van der Waals surface area contributed by atoms with Crippen molar-refractivity contribution in [1.82, 2.24) is 14.5 Å². The van der Waals surface area contributed by atoms with Crippen LogP contribution in [0.15, 0.2) is 72.9 Å². The van der Waals surface area contributed by atoms with Crippen LogP contribution in [0.3, 0.4) is 0 Å². The van der Waals surface area contributed by atoms with Crippen molar-refractivity contribution >= 4 is 29.4 Å². The number of halogens is 2. The van der Waals surface area contributed by atoms with Crippen molar-refractivity contribution in [2.75, 3.05) is 39.2 Å². The molecule has 42 heavy (non-hydrogen) atoms. The number of hydrogen-bond acceptors (Lipinski definition) is 6. The summed E-state index contributed by atoms with van der Waals surface area (Å²) in [5.74, 6) is -0.505. The van der Waals surface area contributed by atoms with E-state index in [0.29, 0.717) is 34.5 Å². The fourth-order valence-corrected chi connectivity index (χ4v) is 4.92. The number of imidazole rings is 1. The summed E-state index contributed by atoms with van der Waals surface area (Å²) in [4.78, 5) is 32.8. The van der Waals surface area contributed by atoms with E-state index in [2.05, 4.69) is 10.3 Å². The minimum absolute atomic E-state index is 0.111. The Labute approximate surface area is 247 Å². The van der Waals surface area contributed by atoms with E-state index in [0.717, 1.165) is 18.4 Å². The third kappa shape index (κ3) is 6.56. The predicted octanol–water partition coefficient (Wildman–Crippen LogP) is 5.61. The molecule has 11 heteroatoms. The molecular formula is C31H30ClFN4O5. The molecule has 1 fully saturated rings. The van der Waals surface area contributed by atoms with E-state index in [4.69, 9.17) is 25.8 Å². The van der Waals surface area contributed by atoms with Gasteiger partial charge in [0.15, 0.2) is 11.5 Å². The topological polar surface area (TPSA) is 94.9 Å². The molecule has 1 atom stereocenters. The van der Waals surface area contributed by atoms with E-state index in [-0.39, 0.29) is 30.7 Å². The van der Waals surface area contributed by atoms with Gasteiger partial charge in [-0.05, 0) is 49.2 Å². The summed E-state index contributed by atoms with van der Waals surface area (Å²) in [5.41, 5.74) is 1.90. The fraction of sp³-hybridized carbons (Fsp3) is 0.258. The van der Waals surface area contributed by atoms with Crippen LogP contribution >= 0.6 is 11.6 Å². The SMILES string of the molecule is COc1ccc(-n2cc(-c3ccc(Cl)cc3)nc2NC(=O)CN(C[C@@H]2CCCO2)C(=O)c2ccccc2F)cc1OC. The standard InChI is InChI=1S/C31H30ClFN4O5/c1-40-27-14-13-22(16-28(27)41-2)37-18-26(20-9-11-21(32)12-10-20)34-31(37)35-29(38)19-36(17-23-6-5-15-42-23)30(39)24-7-3-4-8-25(24)33/h3-4,7-14,16,18,23H,5-6,15,17,19H2,1-2H3,(H,34,35,38)/t23-/m0/s1. The highest BCUT2D eigenvalue weighted by Crippen LogP contribution is 2.32. The molecule has 2 amide bonds. The van der Waals surface area contributed by atoms with Crippen molar-refractivity contribution in [2.45, 2.75) is 18.9 Å². The zero-order valence-electron chi connectivity index (χ0n) is 23.2. The summed E-state index contributed by atoms with van der Waals surface area (Å²) in [6.45, 7) is 0.400. The largest absolute Gasteiger partial charge is 0.493 e. The van der Waals surface area contributed by atoms with Gasteiger partial charge in [0, 0.05) is 36.0 Å². The smallest absolute Gasteiger partial charge is 0.257 e. The van der Waals surface area contributed by atoms with Crippen LogP contribution in [0.4, 0.5) is 10.3 Å². The normalized spacial score (nSPS) is 14.4. The molecule has 0 unspecified atom stereocenters. The lowest BCUT2D eigenvalue weighted by molar-refractivity contribution is -0.117. The number of anilines is 1. The number of carbonyl (C=O) groups is 2. The average molecular weight is 593 g/mol. The highest BCUT2D eigenvalue weighted by Gasteiger charge is 2.27. The number of rotatable bonds is 10. The van der Waals surface area contributed by atoms with Gasteiger partial charge >= 0.3 is 0 Å². The van der Waals surface area contributed by atoms with Gasteiger partial charge in [0.25, 0.3) is 5.91 Å². The lowest BCUT2D eigenvalue weighted by atomic mass is 10.1. The number of hydrogen-bond donors (Lipinski definition) is 1. The van der Waals surface area contributed by atoms with Gasteiger partial charge in [-0.3, -0.25) is 19.5 Å². The molecule has 0 saturated carbocycles. The van der Waals surface area contributed by atoms with Gasteiger partial charge < -0.3 is 19.1 Å². The lowest BCUT2D eigenvalue weighted by Gasteiger charge is -2.25. The quantitative estimate of drug-likeness (QED) is 0.257. The van der Waals surface area contributed by atoms with Crippen molar-refractivity contribution in [3.8, 4) is 28.4 Å². The maximum Gasteiger partial charge on any atom is 0.257 e. The van der Waals surface area contributed by atoms with Gasteiger partial charge in [0.2, 0.25) is 11.9 Å². The zero-order valence-corrected chi connectivity index (χ0v) is 23.9. The summed E-state index contributed by atoms with van der Waals surface area (Å²) < 4.78 is 32.8. The number of amides is 2. The summed E-state index contributed by atoms with van der Waals surface area (Å²) in [6, 6.07) is 18.2. The summed E-state index contributed by atoms with van der Waals surface area (Å²) in [5, 5.41) is 3.42. The van der Waals surface area contributed by atoms with Gasteiger partial charge in [0.05, 0.1) is 37.3 Å². The molecule has 218 valence electrons. The second kappa shape index (κ2) is 13.1. The Morgan fingerprint density at radius 1 is 1.10 bits per heavy atom. The molecule has 1 N–H and O–H groups in total. The molecule has 0 bridgehead atoms. The van der Waals surface area contributed by atoms with Gasteiger partial charge in [0.1, 0.15) is 12.4 Å². The fourth-order valence-electron chi connectivity index (χ4n) is 4.80. The first-order valence-corrected chi connectivity index (χ1v) is 13.8. The number of nitrogens with zero attached hydrogens (tertiary/aromatic N) is 3. The summed E-state index contributed by atoms with van der Waals surface area (Å²) in [7, 11) is 3.08. The molecule has 0 aliphatic carbocycles. The van der Waals surface area contributed by atoms with E-state index in [1.165, 1.54) is 30.2 Å². The molecule has 1 aromatic heterocycles. The van der Waals surface area contributed by atoms with E-state index >= 15 is 0 Å². The maximum atomic E-state index is 14.5. The molecule has 1 aliphatic rings. The second-order valence-corrected chi connectivity index (χ2v) is 10.2. The van der Waals surface area contributed by atoms with E-state index in [1.54, 1.807) is 54.3 Å². The minimum atomic E-state index is -0.656. The first-order valence-electron chi connectivity index (χ1n) is 13.4. The van der Waals surface area contributed by atoms with Crippen molar-refractivity contribution in [3.05, 3.63) is 89.3 Å². The Kier molecular flexibility index (Phi) is 9.04. The van der Waals surface area contributed by atoms with Crippen LogP contribution in [0, 0.1) is 5.82 Å². The third-order valence-corrected chi connectivity index (χ3v) is 7.17. The van der Waals surface area contributed by atoms with Crippen LogP contribution in [0.5, 0.6) is 11.5 Å². The molecule has 0 radical (unpaired) electrons. The average Bonchev–Trinajstić information content (AvgIpc) is 3.67. The van der Waals surface area contributed by atoms with Crippen molar-refractivity contribution in [1.29, 1.82) is 0 Å². The molecule has 1 aliphatic heterocycles. The van der Waals surface area contributed by atoms with Crippen LogP contribution in [-0.2, 0) is 9.53 Å². The first kappa shape index (κ1) is 29.1. The Hall–Kier alpha value is -4.41. The molecule has 1 saturated heterocycles. The number of nitrogens with one attached hydrogen (secondary N) is 1. The van der Waals surface area contributed by atoms with Crippen molar-refractivity contribution in [2.24, 2.45) is 0 Å².